The third kappa shape index (κ3) is 5.96. The first-order valence-electron chi connectivity index (χ1n) is 5.46. The van der Waals surface area contributed by atoms with Gasteiger partial charge in [-0.1, -0.05) is 23.2 Å². The number of halogens is 2. The number of hydrogen-bond donors (Lipinski definition) is 1. The molecule has 1 rings (SSSR count). The van der Waals surface area contributed by atoms with Crippen molar-refractivity contribution in [2.75, 3.05) is 37.5 Å². The maximum Gasteiger partial charge on any atom is 0.234 e. The van der Waals surface area contributed by atoms with Crippen LogP contribution in [0.5, 0.6) is 0 Å². The van der Waals surface area contributed by atoms with Gasteiger partial charge in [0, 0.05) is 17.3 Å². The number of benzene rings is 1. The number of anilines is 1. The van der Waals surface area contributed by atoms with E-state index in [9.17, 15) is 4.79 Å². The van der Waals surface area contributed by atoms with Gasteiger partial charge in [0.25, 0.3) is 0 Å². The van der Waals surface area contributed by atoms with Crippen LogP contribution in [0.15, 0.2) is 18.2 Å². The summed E-state index contributed by atoms with van der Waals surface area (Å²) in [4.78, 5) is 13.7. The van der Waals surface area contributed by atoms with Gasteiger partial charge in [-0.2, -0.15) is 11.8 Å². The van der Waals surface area contributed by atoms with Crippen molar-refractivity contribution < 1.29 is 4.79 Å². The summed E-state index contributed by atoms with van der Waals surface area (Å²) in [5, 5.41) is 3.77. The molecule has 3 nitrogen and oxygen atoms in total. The van der Waals surface area contributed by atoms with Gasteiger partial charge < -0.3 is 10.2 Å². The molecule has 100 valence electrons. The molecule has 0 spiro atoms. The predicted octanol–water partition coefficient (Wildman–Crippen LogP) is 3.23. The Morgan fingerprint density at radius 1 is 1.39 bits per heavy atom. The maximum absolute atomic E-state index is 11.7. The monoisotopic (exact) mass is 306 g/mol. The molecule has 18 heavy (non-hydrogen) atoms. The molecule has 0 heterocycles. The van der Waals surface area contributed by atoms with Crippen LogP contribution >= 0.6 is 35.0 Å². The summed E-state index contributed by atoms with van der Waals surface area (Å²) in [5.74, 6) is 1.30. The van der Waals surface area contributed by atoms with Gasteiger partial charge in [0.1, 0.15) is 0 Å². The van der Waals surface area contributed by atoms with Gasteiger partial charge in [-0.3, -0.25) is 4.79 Å². The maximum atomic E-state index is 11.7. The van der Waals surface area contributed by atoms with E-state index in [1.807, 2.05) is 14.1 Å². The van der Waals surface area contributed by atoms with Gasteiger partial charge >= 0.3 is 0 Å². The third-order valence-corrected chi connectivity index (χ3v) is 3.61. The molecule has 0 aliphatic heterocycles. The lowest BCUT2D eigenvalue weighted by Crippen LogP contribution is -2.18. The van der Waals surface area contributed by atoms with Crippen LogP contribution in [-0.2, 0) is 4.79 Å². The minimum atomic E-state index is -0.0528. The minimum absolute atomic E-state index is 0.0528. The van der Waals surface area contributed by atoms with Crippen LogP contribution in [0.1, 0.15) is 0 Å². The van der Waals surface area contributed by atoms with Gasteiger partial charge in [0.2, 0.25) is 5.91 Å². The zero-order valence-electron chi connectivity index (χ0n) is 10.4. The molecule has 0 aliphatic rings. The first-order chi connectivity index (χ1) is 8.49. The Morgan fingerprint density at radius 2 is 2.11 bits per heavy atom. The van der Waals surface area contributed by atoms with Crippen LogP contribution in [0.25, 0.3) is 0 Å². The molecule has 0 atom stereocenters. The van der Waals surface area contributed by atoms with Crippen LogP contribution in [0, 0.1) is 0 Å². The van der Waals surface area contributed by atoms with E-state index in [1.54, 1.807) is 30.0 Å². The SMILES string of the molecule is CN(C)CCSCC(=O)Nc1ccc(Cl)cc1Cl. The number of carbonyl (C=O) groups excluding carboxylic acids is 1. The molecule has 0 saturated carbocycles. The van der Waals surface area contributed by atoms with E-state index in [-0.39, 0.29) is 5.91 Å². The summed E-state index contributed by atoms with van der Waals surface area (Å²) in [6.45, 7) is 0.958. The highest BCUT2D eigenvalue weighted by molar-refractivity contribution is 7.99. The van der Waals surface area contributed by atoms with Crippen LogP contribution in [-0.4, -0.2) is 43.0 Å². The van der Waals surface area contributed by atoms with Gasteiger partial charge in [0.05, 0.1) is 16.5 Å². The molecule has 1 aromatic rings. The minimum Gasteiger partial charge on any atom is -0.324 e. The predicted molar refractivity (Wildman–Crippen MR) is 81.0 cm³/mol. The van der Waals surface area contributed by atoms with E-state index in [0.29, 0.717) is 21.5 Å². The van der Waals surface area contributed by atoms with Crippen molar-refractivity contribution in [2.24, 2.45) is 0 Å². The van der Waals surface area contributed by atoms with E-state index in [4.69, 9.17) is 23.2 Å². The number of hydrogen-bond acceptors (Lipinski definition) is 3. The van der Waals surface area contributed by atoms with E-state index < -0.39 is 0 Å². The Bertz CT molecular complexity index is 413. The van der Waals surface area contributed by atoms with Gasteiger partial charge in [0.15, 0.2) is 0 Å². The fourth-order valence-corrected chi connectivity index (χ4v) is 2.54. The van der Waals surface area contributed by atoms with Crippen molar-refractivity contribution in [1.82, 2.24) is 4.90 Å². The molecule has 0 unspecified atom stereocenters. The average molecular weight is 307 g/mol. The van der Waals surface area contributed by atoms with Crippen LogP contribution < -0.4 is 5.32 Å². The Labute approximate surface area is 122 Å². The van der Waals surface area contributed by atoms with Crippen molar-refractivity contribution in [3.63, 3.8) is 0 Å². The van der Waals surface area contributed by atoms with E-state index in [0.717, 1.165) is 12.3 Å². The normalized spacial score (nSPS) is 10.7. The van der Waals surface area contributed by atoms with Crippen LogP contribution in [0.3, 0.4) is 0 Å². The molecule has 0 bridgehead atoms. The summed E-state index contributed by atoms with van der Waals surface area (Å²) in [5.41, 5.74) is 0.597. The van der Waals surface area contributed by atoms with E-state index in [2.05, 4.69) is 10.2 Å². The molecule has 6 heteroatoms. The fourth-order valence-electron chi connectivity index (χ4n) is 1.19. The molecular weight excluding hydrogens is 291 g/mol. The lowest BCUT2D eigenvalue weighted by molar-refractivity contribution is -0.113. The zero-order chi connectivity index (χ0) is 13.5. The molecule has 1 N–H and O–H groups in total. The number of nitrogens with zero attached hydrogens (tertiary/aromatic N) is 1. The van der Waals surface area contributed by atoms with Crippen LogP contribution in [0.4, 0.5) is 5.69 Å². The lowest BCUT2D eigenvalue weighted by Gasteiger charge is -2.09. The fraction of sp³-hybridized carbons (Fsp3) is 0.417. The summed E-state index contributed by atoms with van der Waals surface area (Å²) in [6, 6.07) is 5.01. The number of rotatable bonds is 6. The molecule has 0 radical (unpaired) electrons. The Morgan fingerprint density at radius 3 is 2.72 bits per heavy atom. The highest BCUT2D eigenvalue weighted by Crippen LogP contribution is 2.25. The number of carbonyl (C=O) groups is 1. The second kappa shape index (κ2) is 7.89. The summed E-state index contributed by atoms with van der Waals surface area (Å²) in [7, 11) is 4.02. The molecule has 1 amide bonds. The lowest BCUT2D eigenvalue weighted by atomic mass is 10.3. The van der Waals surface area contributed by atoms with Gasteiger partial charge in [-0.05, 0) is 32.3 Å². The van der Waals surface area contributed by atoms with Crippen molar-refractivity contribution in [2.45, 2.75) is 0 Å². The number of amides is 1. The van der Waals surface area contributed by atoms with Crippen molar-refractivity contribution in [3.8, 4) is 0 Å². The molecule has 1 aromatic carbocycles. The van der Waals surface area contributed by atoms with E-state index in [1.165, 1.54) is 0 Å². The van der Waals surface area contributed by atoms with Crippen LogP contribution in [0.2, 0.25) is 10.0 Å². The standard InChI is InChI=1S/C12H16Cl2N2OS/c1-16(2)5-6-18-8-12(17)15-11-4-3-9(13)7-10(11)14/h3-4,7H,5-6,8H2,1-2H3,(H,15,17). The highest BCUT2D eigenvalue weighted by atomic mass is 35.5. The Hall–Kier alpha value is -0.420. The second-order valence-corrected chi connectivity index (χ2v) is 5.98. The molecule has 0 fully saturated rings. The largest absolute Gasteiger partial charge is 0.324 e. The zero-order valence-corrected chi connectivity index (χ0v) is 12.7. The topological polar surface area (TPSA) is 32.3 Å². The summed E-state index contributed by atoms with van der Waals surface area (Å²) >= 11 is 13.3. The van der Waals surface area contributed by atoms with Gasteiger partial charge in [-0.15, -0.1) is 0 Å². The smallest absolute Gasteiger partial charge is 0.234 e. The summed E-state index contributed by atoms with van der Waals surface area (Å²) in [6.07, 6.45) is 0. The quantitative estimate of drug-likeness (QED) is 0.819. The summed E-state index contributed by atoms with van der Waals surface area (Å²) < 4.78 is 0. The highest BCUT2D eigenvalue weighted by Gasteiger charge is 2.06. The average Bonchev–Trinajstić information content (AvgIpc) is 2.28. The van der Waals surface area contributed by atoms with E-state index >= 15 is 0 Å². The van der Waals surface area contributed by atoms with Gasteiger partial charge in [-0.25, -0.2) is 0 Å². The molecule has 0 aliphatic carbocycles. The molecular formula is C12H16Cl2N2OS. The molecule has 0 aromatic heterocycles. The Balaban J connectivity index is 2.35. The second-order valence-electron chi connectivity index (χ2n) is 4.03. The number of nitrogens with one attached hydrogen (secondary N) is 1. The first-order valence-corrected chi connectivity index (χ1v) is 7.37. The number of thioether (sulfide) groups is 1. The Kier molecular flexibility index (Phi) is 6.86. The molecule has 0 saturated heterocycles. The van der Waals surface area contributed by atoms with Crippen molar-refractivity contribution in [3.05, 3.63) is 28.2 Å². The first kappa shape index (κ1) is 15.6. The van der Waals surface area contributed by atoms with Crippen molar-refractivity contribution >= 4 is 46.6 Å². The van der Waals surface area contributed by atoms with Crippen molar-refractivity contribution in [1.29, 1.82) is 0 Å². The third-order valence-electron chi connectivity index (χ3n) is 2.12.